The third-order valence-corrected chi connectivity index (χ3v) is 4.00. The van der Waals surface area contributed by atoms with Crippen LogP contribution in [-0.4, -0.2) is 0 Å². The fourth-order valence-electron chi connectivity index (χ4n) is 1.68. The van der Waals surface area contributed by atoms with Crippen molar-refractivity contribution in [3.8, 4) is 0 Å². The van der Waals surface area contributed by atoms with Gasteiger partial charge in [0.25, 0.3) is 0 Å². The van der Waals surface area contributed by atoms with Crippen molar-refractivity contribution in [1.29, 1.82) is 0 Å². The van der Waals surface area contributed by atoms with Gasteiger partial charge in [-0.25, -0.2) is 0 Å². The first kappa shape index (κ1) is 12.4. The molecule has 2 aromatic rings. The quantitative estimate of drug-likeness (QED) is 0.883. The number of rotatable bonds is 4. The molecule has 0 unspecified atom stereocenters. The van der Waals surface area contributed by atoms with Gasteiger partial charge in [0.2, 0.25) is 0 Å². The summed E-state index contributed by atoms with van der Waals surface area (Å²) >= 11 is 7.82. The van der Waals surface area contributed by atoms with Gasteiger partial charge < -0.3 is 11.1 Å². The summed E-state index contributed by atoms with van der Waals surface area (Å²) in [4.78, 5) is 1.17. The summed E-state index contributed by atoms with van der Waals surface area (Å²) in [5.74, 6) is 0. The topological polar surface area (TPSA) is 38.0 Å². The van der Waals surface area contributed by atoms with Gasteiger partial charge >= 0.3 is 0 Å². The number of hydrogen-bond acceptors (Lipinski definition) is 3. The van der Waals surface area contributed by atoms with Gasteiger partial charge in [0.1, 0.15) is 0 Å². The number of benzene rings is 1. The molecule has 1 atom stereocenters. The molecule has 0 radical (unpaired) electrons. The van der Waals surface area contributed by atoms with Gasteiger partial charge in [0, 0.05) is 28.2 Å². The average Bonchev–Trinajstić information content (AvgIpc) is 2.72. The van der Waals surface area contributed by atoms with Gasteiger partial charge in [0.05, 0.1) is 0 Å². The number of thiophene rings is 1. The molecule has 90 valence electrons. The van der Waals surface area contributed by atoms with Gasteiger partial charge in [-0.1, -0.05) is 29.8 Å². The molecule has 0 bridgehead atoms. The minimum atomic E-state index is 0.213. The Morgan fingerprint density at radius 2 is 2.12 bits per heavy atom. The normalized spacial score (nSPS) is 12.6. The first-order chi connectivity index (χ1) is 8.18. The number of anilines is 1. The van der Waals surface area contributed by atoms with Gasteiger partial charge in [-0.3, -0.25) is 0 Å². The van der Waals surface area contributed by atoms with E-state index in [4.69, 9.17) is 17.3 Å². The Labute approximate surface area is 110 Å². The maximum atomic E-state index is 6.15. The Kier molecular flexibility index (Phi) is 4.05. The van der Waals surface area contributed by atoms with Crippen LogP contribution in [0.5, 0.6) is 0 Å². The Morgan fingerprint density at radius 3 is 2.76 bits per heavy atom. The predicted octanol–water partition coefficient (Wildman–Crippen LogP) is 3.83. The molecule has 1 aromatic heterocycles. The monoisotopic (exact) mass is 266 g/mol. The molecule has 2 nitrogen and oxygen atoms in total. The van der Waals surface area contributed by atoms with Crippen LogP contribution in [0.3, 0.4) is 0 Å². The maximum Gasteiger partial charge on any atom is 0.0468 e. The highest BCUT2D eigenvalue weighted by molar-refractivity contribution is 7.10. The molecule has 3 N–H and O–H groups in total. The molecule has 0 saturated heterocycles. The van der Waals surface area contributed by atoms with Gasteiger partial charge in [-0.15, -0.1) is 11.3 Å². The Morgan fingerprint density at radius 1 is 1.35 bits per heavy atom. The minimum Gasteiger partial charge on any atom is -0.398 e. The molecule has 0 saturated carbocycles. The van der Waals surface area contributed by atoms with Gasteiger partial charge in [0.15, 0.2) is 0 Å². The summed E-state index contributed by atoms with van der Waals surface area (Å²) in [6, 6.07) is 10.0. The number of hydrogen-bond donors (Lipinski definition) is 2. The fraction of sp³-hybridized carbons (Fsp3) is 0.231. The highest BCUT2D eigenvalue weighted by Crippen LogP contribution is 2.24. The van der Waals surface area contributed by atoms with Gasteiger partial charge in [-0.05, 0) is 30.0 Å². The second-order valence-electron chi connectivity index (χ2n) is 3.92. The fourth-order valence-corrected chi connectivity index (χ4v) is 2.73. The van der Waals surface area contributed by atoms with Crippen molar-refractivity contribution in [2.24, 2.45) is 0 Å². The van der Waals surface area contributed by atoms with E-state index in [2.05, 4.69) is 12.2 Å². The molecule has 0 fully saturated rings. The lowest BCUT2D eigenvalue weighted by atomic mass is 10.1. The third-order valence-electron chi connectivity index (χ3n) is 2.72. The van der Waals surface area contributed by atoms with Crippen LogP contribution in [0.25, 0.3) is 0 Å². The lowest BCUT2D eigenvalue weighted by Crippen LogP contribution is -2.18. The summed E-state index contributed by atoms with van der Waals surface area (Å²) in [6.07, 6.45) is 0. The highest BCUT2D eigenvalue weighted by atomic mass is 35.5. The van der Waals surface area contributed by atoms with Crippen LogP contribution >= 0.6 is 22.9 Å². The van der Waals surface area contributed by atoms with E-state index in [1.165, 1.54) is 4.88 Å². The first-order valence-corrected chi connectivity index (χ1v) is 6.74. The van der Waals surface area contributed by atoms with Crippen LogP contribution in [0.1, 0.15) is 23.4 Å². The van der Waals surface area contributed by atoms with E-state index in [-0.39, 0.29) is 6.04 Å². The second kappa shape index (κ2) is 5.54. The van der Waals surface area contributed by atoms with E-state index < -0.39 is 0 Å². The van der Waals surface area contributed by atoms with Crippen molar-refractivity contribution in [2.75, 3.05) is 5.73 Å². The van der Waals surface area contributed by atoms with E-state index in [0.29, 0.717) is 0 Å². The van der Waals surface area contributed by atoms with Crippen LogP contribution in [-0.2, 0) is 6.54 Å². The molecule has 17 heavy (non-hydrogen) atoms. The second-order valence-corrected chi connectivity index (χ2v) is 5.33. The molecule has 1 heterocycles. The molecule has 0 spiro atoms. The van der Waals surface area contributed by atoms with Crippen molar-refractivity contribution in [1.82, 2.24) is 5.32 Å². The molecule has 0 amide bonds. The predicted molar refractivity (Wildman–Crippen MR) is 75.4 cm³/mol. The summed E-state index contributed by atoms with van der Waals surface area (Å²) in [6.45, 7) is 2.88. The number of halogens is 1. The summed E-state index contributed by atoms with van der Waals surface area (Å²) < 4.78 is 0. The minimum absolute atomic E-state index is 0.213. The standard InChI is InChI=1S/C13H15ClN2S/c1-9(10-4-2-3-5-11(10)14)16-8-13-12(15)6-7-17-13/h2-7,9,16H,8,15H2,1H3/t9-/m1/s1. The average molecular weight is 267 g/mol. The van der Waals surface area contributed by atoms with Crippen LogP contribution in [0.2, 0.25) is 5.02 Å². The Bertz CT molecular complexity index is 496. The largest absolute Gasteiger partial charge is 0.398 e. The van der Waals surface area contributed by atoms with E-state index in [1.54, 1.807) is 11.3 Å². The van der Waals surface area contributed by atoms with Crippen LogP contribution < -0.4 is 11.1 Å². The highest BCUT2D eigenvalue weighted by Gasteiger charge is 2.09. The van der Waals surface area contributed by atoms with E-state index >= 15 is 0 Å². The molecule has 4 heteroatoms. The van der Waals surface area contributed by atoms with E-state index in [1.807, 2.05) is 35.7 Å². The van der Waals surface area contributed by atoms with E-state index in [0.717, 1.165) is 22.8 Å². The van der Waals surface area contributed by atoms with Crippen LogP contribution in [0.15, 0.2) is 35.7 Å². The molecule has 2 rings (SSSR count). The van der Waals surface area contributed by atoms with Gasteiger partial charge in [-0.2, -0.15) is 0 Å². The lowest BCUT2D eigenvalue weighted by Gasteiger charge is -2.15. The molecule has 0 aliphatic heterocycles. The molecule has 0 aliphatic rings. The first-order valence-electron chi connectivity index (χ1n) is 5.48. The molecular weight excluding hydrogens is 252 g/mol. The summed E-state index contributed by atoms with van der Waals surface area (Å²) in [5.41, 5.74) is 7.81. The molecular formula is C13H15ClN2S. The summed E-state index contributed by atoms with van der Waals surface area (Å²) in [5, 5.41) is 6.23. The third kappa shape index (κ3) is 3.00. The van der Waals surface area contributed by atoms with Crippen LogP contribution in [0, 0.1) is 0 Å². The zero-order valence-corrected chi connectivity index (χ0v) is 11.2. The Balaban J connectivity index is 2.01. The summed E-state index contributed by atoms with van der Waals surface area (Å²) in [7, 11) is 0. The zero-order chi connectivity index (χ0) is 12.3. The Hall–Kier alpha value is -1.03. The van der Waals surface area contributed by atoms with Crippen molar-refractivity contribution in [3.05, 3.63) is 51.2 Å². The van der Waals surface area contributed by atoms with Crippen molar-refractivity contribution >= 4 is 28.6 Å². The van der Waals surface area contributed by atoms with Crippen molar-refractivity contribution < 1.29 is 0 Å². The van der Waals surface area contributed by atoms with E-state index in [9.17, 15) is 0 Å². The smallest absolute Gasteiger partial charge is 0.0468 e. The lowest BCUT2D eigenvalue weighted by molar-refractivity contribution is 0.579. The number of nitrogens with two attached hydrogens (primary N) is 1. The van der Waals surface area contributed by atoms with Crippen molar-refractivity contribution in [3.63, 3.8) is 0 Å². The molecule has 1 aromatic carbocycles. The maximum absolute atomic E-state index is 6.15. The van der Waals surface area contributed by atoms with Crippen LogP contribution in [0.4, 0.5) is 5.69 Å². The van der Waals surface area contributed by atoms with Crippen molar-refractivity contribution in [2.45, 2.75) is 19.5 Å². The molecule has 0 aliphatic carbocycles. The number of nitrogens with one attached hydrogen (secondary N) is 1. The number of nitrogen functional groups attached to an aromatic ring is 1. The zero-order valence-electron chi connectivity index (χ0n) is 9.61. The SMILES string of the molecule is C[C@@H](NCc1sccc1N)c1ccccc1Cl.